The summed E-state index contributed by atoms with van der Waals surface area (Å²) in [4.78, 5) is 36.8. The zero-order valence-corrected chi connectivity index (χ0v) is 15.6. The van der Waals surface area contributed by atoms with Crippen LogP contribution in [0, 0.1) is 0 Å². The second-order valence-electron chi connectivity index (χ2n) is 6.43. The number of rotatable bonds is 5. The maximum Gasteiger partial charge on any atom is 0.339 e. The molecular weight excluding hydrogens is 368 g/mol. The van der Waals surface area contributed by atoms with Crippen molar-refractivity contribution in [2.75, 3.05) is 5.32 Å². The number of ether oxygens (including phenoxy) is 1. The third-order valence-corrected chi connectivity index (χ3v) is 4.37. The minimum Gasteiger partial charge on any atom is -0.449 e. The fraction of sp³-hybridized carbons (Fsp3) is 0.0909. The van der Waals surface area contributed by atoms with E-state index in [-0.39, 0.29) is 0 Å². The number of hydrogen-bond acceptors (Lipinski definition) is 5. The van der Waals surface area contributed by atoms with Crippen molar-refractivity contribution in [1.29, 1.82) is 0 Å². The number of para-hydroxylation sites is 2. The standard InChI is InChI=1S/C22H18N4O3/c1-14(21(27)24-15-7-6-12-23-13-15)29-22(28)17-9-3-2-8-16(17)20-25-18-10-4-5-11-19(18)26-20/h2-14H,1H3,(H,24,27)(H,25,26). The van der Waals surface area contributed by atoms with E-state index >= 15 is 0 Å². The number of aromatic amines is 1. The van der Waals surface area contributed by atoms with Crippen LogP contribution in [0.1, 0.15) is 17.3 Å². The molecule has 2 aromatic carbocycles. The number of pyridine rings is 1. The topological polar surface area (TPSA) is 97.0 Å². The highest BCUT2D eigenvalue weighted by Gasteiger charge is 2.22. The van der Waals surface area contributed by atoms with Crippen molar-refractivity contribution in [2.24, 2.45) is 0 Å². The van der Waals surface area contributed by atoms with E-state index < -0.39 is 18.0 Å². The lowest BCUT2D eigenvalue weighted by Crippen LogP contribution is -2.30. The average Bonchev–Trinajstić information content (AvgIpc) is 3.18. The Morgan fingerprint density at radius 3 is 2.62 bits per heavy atom. The van der Waals surface area contributed by atoms with Crippen LogP contribution in [0.5, 0.6) is 0 Å². The summed E-state index contributed by atoms with van der Waals surface area (Å²) in [5.41, 5.74) is 3.13. The van der Waals surface area contributed by atoms with Crippen LogP contribution in [0.25, 0.3) is 22.4 Å². The summed E-state index contributed by atoms with van der Waals surface area (Å²) in [7, 11) is 0. The number of nitrogens with zero attached hydrogens (tertiary/aromatic N) is 2. The van der Waals surface area contributed by atoms with Gasteiger partial charge in [-0.25, -0.2) is 9.78 Å². The number of fused-ring (bicyclic) bond motifs is 1. The van der Waals surface area contributed by atoms with E-state index in [2.05, 4.69) is 20.3 Å². The Kier molecular flexibility index (Phi) is 5.03. The molecule has 4 aromatic rings. The number of carbonyl (C=O) groups excluding carboxylic acids is 2. The number of benzene rings is 2. The first-order valence-corrected chi connectivity index (χ1v) is 9.08. The van der Waals surface area contributed by atoms with E-state index in [9.17, 15) is 9.59 Å². The Morgan fingerprint density at radius 2 is 1.83 bits per heavy atom. The van der Waals surface area contributed by atoms with Gasteiger partial charge >= 0.3 is 5.97 Å². The number of imidazole rings is 1. The highest BCUT2D eigenvalue weighted by Crippen LogP contribution is 2.24. The SMILES string of the molecule is CC(OC(=O)c1ccccc1-c1nc2ccccc2[nH]1)C(=O)Nc1cccnc1. The molecule has 1 atom stereocenters. The Labute approximate surface area is 166 Å². The van der Waals surface area contributed by atoms with Crippen molar-refractivity contribution in [2.45, 2.75) is 13.0 Å². The molecular formula is C22H18N4O3. The normalized spacial score (nSPS) is 11.8. The molecule has 4 rings (SSSR count). The molecule has 0 aliphatic heterocycles. The fourth-order valence-corrected chi connectivity index (χ4v) is 2.91. The van der Waals surface area contributed by atoms with Gasteiger partial charge in [0.1, 0.15) is 5.82 Å². The molecule has 0 saturated heterocycles. The number of H-pyrrole nitrogens is 1. The molecule has 2 heterocycles. The Hall–Kier alpha value is -4.00. The Morgan fingerprint density at radius 1 is 1.03 bits per heavy atom. The molecule has 0 aliphatic carbocycles. The van der Waals surface area contributed by atoms with E-state index in [1.54, 1.807) is 36.5 Å². The number of aromatic nitrogens is 3. The molecule has 7 nitrogen and oxygen atoms in total. The molecule has 1 unspecified atom stereocenters. The largest absolute Gasteiger partial charge is 0.449 e. The van der Waals surface area contributed by atoms with Gasteiger partial charge in [0.25, 0.3) is 5.91 Å². The van der Waals surface area contributed by atoms with Gasteiger partial charge in [0.15, 0.2) is 6.10 Å². The molecule has 29 heavy (non-hydrogen) atoms. The van der Waals surface area contributed by atoms with Gasteiger partial charge in [-0.1, -0.05) is 30.3 Å². The van der Waals surface area contributed by atoms with E-state index in [0.29, 0.717) is 22.6 Å². The van der Waals surface area contributed by atoms with Crippen LogP contribution in [0.3, 0.4) is 0 Å². The number of amides is 1. The third-order valence-electron chi connectivity index (χ3n) is 4.37. The molecule has 0 bridgehead atoms. The summed E-state index contributed by atoms with van der Waals surface area (Å²) in [6.07, 6.45) is 2.14. The first-order valence-electron chi connectivity index (χ1n) is 9.08. The molecule has 7 heteroatoms. The number of anilines is 1. The van der Waals surface area contributed by atoms with Gasteiger partial charge in [-0.2, -0.15) is 0 Å². The number of esters is 1. The maximum atomic E-state index is 12.8. The van der Waals surface area contributed by atoms with Crippen molar-refractivity contribution in [3.05, 3.63) is 78.6 Å². The van der Waals surface area contributed by atoms with Gasteiger partial charge in [-0.3, -0.25) is 9.78 Å². The van der Waals surface area contributed by atoms with Crippen LogP contribution in [-0.2, 0) is 9.53 Å². The summed E-state index contributed by atoms with van der Waals surface area (Å²) >= 11 is 0. The van der Waals surface area contributed by atoms with Crippen LogP contribution >= 0.6 is 0 Å². The molecule has 0 aliphatic rings. The molecule has 0 saturated carbocycles. The molecule has 144 valence electrons. The monoisotopic (exact) mass is 386 g/mol. The van der Waals surface area contributed by atoms with E-state index in [1.165, 1.54) is 13.1 Å². The van der Waals surface area contributed by atoms with Crippen LogP contribution in [0.15, 0.2) is 73.1 Å². The summed E-state index contributed by atoms with van der Waals surface area (Å²) < 4.78 is 5.39. The minimum absolute atomic E-state index is 0.326. The van der Waals surface area contributed by atoms with Crippen molar-refractivity contribution in [3.63, 3.8) is 0 Å². The third kappa shape index (κ3) is 3.98. The predicted molar refractivity (Wildman–Crippen MR) is 109 cm³/mol. The van der Waals surface area contributed by atoms with Gasteiger partial charge in [0.05, 0.1) is 28.5 Å². The quantitative estimate of drug-likeness (QED) is 0.509. The van der Waals surface area contributed by atoms with Crippen molar-refractivity contribution >= 4 is 28.6 Å². The van der Waals surface area contributed by atoms with Crippen molar-refractivity contribution in [1.82, 2.24) is 15.0 Å². The molecule has 2 aromatic heterocycles. The Balaban J connectivity index is 1.54. The summed E-state index contributed by atoms with van der Waals surface area (Å²) in [6.45, 7) is 1.52. The molecule has 0 radical (unpaired) electrons. The smallest absolute Gasteiger partial charge is 0.339 e. The van der Waals surface area contributed by atoms with Crippen molar-refractivity contribution < 1.29 is 14.3 Å². The fourth-order valence-electron chi connectivity index (χ4n) is 2.91. The summed E-state index contributed by atoms with van der Waals surface area (Å²) in [6, 6.07) is 18.0. The second-order valence-corrected chi connectivity index (χ2v) is 6.43. The molecule has 2 N–H and O–H groups in total. The maximum absolute atomic E-state index is 12.8. The van der Waals surface area contributed by atoms with Crippen LogP contribution in [-0.4, -0.2) is 32.9 Å². The first-order chi connectivity index (χ1) is 14.1. The number of hydrogen-bond donors (Lipinski definition) is 2. The predicted octanol–water partition coefficient (Wildman–Crippen LogP) is 3.81. The van der Waals surface area contributed by atoms with Gasteiger partial charge < -0.3 is 15.0 Å². The van der Waals surface area contributed by atoms with E-state index in [1.807, 2.05) is 30.3 Å². The first kappa shape index (κ1) is 18.4. The summed E-state index contributed by atoms with van der Waals surface area (Å²) in [5.74, 6) is -0.478. The highest BCUT2D eigenvalue weighted by molar-refractivity contribution is 6.00. The van der Waals surface area contributed by atoms with Gasteiger partial charge in [0, 0.05) is 11.8 Å². The van der Waals surface area contributed by atoms with E-state index in [0.717, 1.165) is 11.0 Å². The van der Waals surface area contributed by atoms with Crippen LogP contribution in [0.2, 0.25) is 0 Å². The van der Waals surface area contributed by atoms with Gasteiger partial charge in [-0.05, 0) is 37.3 Å². The molecule has 0 fully saturated rings. The van der Waals surface area contributed by atoms with Crippen LogP contribution < -0.4 is 5.32 Å². The second kappa shape index (κ2) is 7.93. The zero-order valence-electron chi connectivity index (χ0n) is 15.6. The summed E-state index contributed by atoms with van der Waals surface area (Å²) in [5, 5.41) is 2.67. The number of carbonyl (C=O) groups is 2. The lowest BCUT2D eigenvalue weighted by atomic mass is 10.1. The van der Waals surface area contributed by atoms with Crippen LogP contribution in [0.4, 0.5) is 5.69 Å². The average molecular weight is 386 g/mol. The molecule has 1 amide bonds. The molecule has 0 spiro atoms. The van der Waals surface area contributed by atoms with Crippen molar-refractivity contribution in [3.8, 4) is 11.4 Å². The Bertz CT molecular complexity index is 1140. The number of nitrogens with one attached hydrogen (secondary N) is 2. The highest BCUT2D eigenvalue weighted by atomic mass is 16.5. The lowest BCUT2D eigenvalue weighted by Gasteiger charge is -2.14. The minimum atomic E-state index is -0.980. The van der Waals surface area contributed by atoms with E-state index in [4.69, 9.17) is 4.74 Å². The lowest BCUT2D eigenvalue weighted by molar-refractivity contribution is -0.123. The van der Waals surface area contributed by atoms with Gasteiger partial charge in [0.2, 0.25) is 0 Å². The zero-order chi connectivity index (χ0) is 20.2. The van der Waals surface area contributed by atoms with Gasteiger partial charge in [-0.15, -0.1) is 0 Å².